The van der Waals surface area contributed by atoms with Gasteiger partial charge < -0.3 is 4.90 Å². The minimum absolute atomic E-state index is 0.0112. The van der Waals surface area contributed by atoms with Crippen molar-refractivity contribution >= 4 is 21.6 Å². The first-order valence-corrected chi connectivity index (χ1v) is 13.0. The normalized spacial score (nSPS) is 11.2. The molecule has 0 N–H and O–H groups in total. The van der Waals surface area contributed by atoms with Crippen molar-refractivity contribution in [3.8, 4) is 0 Å². The van der Waals surface area contributed by atoms with Gasteiger partial charge in [0, 0.05) is 26.1 Å². The number of carbonyl (C=O) groups is 1. The molecule has 0 aliphatic carbocycles. The van der Waals surface area contributed by atoms with E-state index in [0.29, 0.717) is 25.2 Å². The van der Waals surface area contributed by atoms with Crippen LogP contribution in [0.4, 0.5) is 5.69 Å². The molecule has 33 heavy (non-hydrogen) atoms. The zero-order valence-electron chi connectivity index (χ0n) is 19.6. The van der Waals surface area contributed by atoms with E-state index in [2.05, 4.69) is 0 Å². The largest absolute Gasteiger partial charge is 0.334 e. The molecule has 0 aliphatic heterocycles. The zero-order chi connectivity index (χ0) is 23.8. The summed E-state index contributed by atoms with van der Waals surface area (Å²) in [5.74, 6) is 0.0112. The molecule has 3 aromatic rings. The lowest BCUT2D eigenvalue weighted by molar-refractivity contribution is -0.132. The second-order valence-corrected chi connectivity index (χ2v) is 10.3. The number of anilines is 1. The monoisotopic (exact) mass is 464 g/mol. The number of hydrogen-bond acceptors (Lipinski definition) is 3. The number of hydrogen-bond donors (Lipinski definition) is 0. The van der Waals surface area contributed by atoms with Crippen LogP contribution in [-0.2, 0) is 27.9 Å². The summed E-state index contributed by atoms with van der Waals surface area (Å²) in [7, 11) is -3.46. The molecule has 0 aliphatic rings. The molecule has 0 aromatic heterocycles. The molecular weight excluding hydrogens is 432 g/mol. The van der Waals surface area contributed by atoms with Crippen molar-refractivity contribution in [2.45, 2.75) is 39.8 Å². The highest BCUT2D eigenvalue weighted by atomic mass is 32.2. The first kappa shape index (κ1) is 24.5. The van der Waals surface area contributed by atoms with Crippen LogP contribution in [-0.4, -0.2) is 32.0 Å². The Balaban J connectivity index is 1.72. The lowest BCUT2D eigenvalue weighted by Gasteiger charge is -2.26. The molecule has 5 nitrogen and oxygen atoms in total. The highest BCUT2D eigenvalue weighted by molar-refractivity contribution is 7.92. The number of amides is 1. The number of benzene rings is 3. The fraction of sp³-hybridized carbons (Fsp3) is 0.296. The van der Waals surface area contributed by atoms with Crippen LogP contribution in [0.3, 0.4) is 0 Å². The maximum atomic E-state index is 13.2. The van der Waals surface area contributed by atoms with Crippen molar-refractivity contribution in [1.29, 1.82) is 0 Å². The quantitative estimate of drug-likeness (QED) is 0.420. The standard InChI is InChI=1S/C27H32N2O3S/c1-22-12-10-17-26(23(22)2)29(33(3,31)32)19-11-18-27(30)28(20-24-13-6-4-7-14-24)21-25-15-8-5-9-16-25/h4-10,12-17H,11,18-21H2,1-3H3. The van der Waals surface area contributed by atoms with Gasteiger partial charge in [0.25, 0.3) is 0 Å². The van der Waals surface area contributed by atoms with Gasteiger partial charge in [-0.25, -0.2) is 8.42 Å². The molecule has 0 unspecified atom stereocenters. The fourth-order valence-corrected chi connectivity index (χ4v) is 4.86. The van der Waals surface area contributed by atoms with Gasteiger partial charge in [-0.1, -0.05) is 72.8 Å². The summed E-state index contributed by atoms with van der Waals surface area (Å²) in [6.07, 6.45) is 1.93. The summed E-state index contributed by atoms with van der Waals surface area (Å²) in [5.41, 5.74) is 4.78. The van der Waals surface area contributed by atoms with Crippen LogP contribution in [0.2, 0.25) is 0 Å². The van der Waals surface area contributed by atoms with Crippen molar-refractivity contribution < 1.29 is 13.2 Å². The molecule has 0 spiro atoms. The molecule has 0 atom stereocenters. The molecule has 0 saturated heterocycles. The lowest BCUT2D eigenvalue weighted by Crippen LogP contribution is -2.34. The van der Waals surface area contributed by atoms with Crippen molar-refractivity contribution in [2.75, 3.05) is 17.1 Å². The van der Waals surface area contributed by atoms with Gasteiger partial charge in [0.1, 0.15) is 0 Å². The Morgan fingerprint density at radius 2 is 1.33 bits per heavy atom. The Kier molecular flexibility index (Phi) is 8.28. The Morgan fingerprint density at radius 3 is 1.85 bits per heavy atom. The van der Waals surface area contributed by atoms with E-state index in [1.165, 1.54) is 10.6 Å². The number of aryl methyl sites for hydroxylation is 1. The van der Waals surface area contributed by atoms with Crippen molar-refractivity contribution in [3.63, 3.8) is 0 Å². The Bertz CT molecular complexity index is 1120. The predicted molar refractivity (Wildman–Crippen MR) is 134 cm³/mol. The molecule has 174 valence electrons. The Morgan fingerprint density at radius 1 is 0.788 bits per heavy atom. The molecular formula is C27H32N2O3S. The molecule has 0 saturated carbocycles. The lowest BCUT2D eigenvalue weighted by atomic mass is 10.1. The minimum Gasteiger partial charge on any atom is -0.334 e. The zero-order valence-corrected chi connectivity index (χ0v) is 20.4. The second kappa shape index (κ2) is 11.1. The van der Waals surface area contributed by atoms with Crippen LogP contribution in [0.25, 0.3) is 0 Å². The van der Waals surface area contributed by atoms with E-state index in [-0.39, 0.29) is 18.9 Å². The van der Waals surface area contributed by atoms with E-state index in [9.17, 15) is 13.2 Å². The van der Waals surface area contributed by atoms with E-state index < -0.39 is 10.0 Å². The third-order valence-corrected chi connectivity index (χ3v) is 6.96. The van der Waals surface area contributed by atoms with Gasteiger partial charge in [-0.3, -0.25) is 9.10 Å². The predicted octanol–water partition coefficient (Wildman–Crippen LogP) is 5.08. The van der Waals surface area contributed by atoms with Crippen LogP contribution in [0, 0.1) is 13.8 Å². The SMILES string of the molecule is Cc1cccc(N(CCCC(=O)N(Cc2ccccc2)Cc2ccccc2)S(C)(=O)=O)c1C. The first-order valence-electron chi connectivity index (χ1n) is 11.2. The van der Waals surface area contributed by atoms with Crippen molar-refractivity contribution in [2.24, 2.45) is 0 Å². The van der Waals surface area contributed by atoms with E-state index >= 15 is 0 Å². The number of carbonyl (C=O) groups excluding carboxylic acids is 1. The molecule has 6 heteroatoms. The van der Waals surface area contributed by atoms with Gasteiger partial charge in [0.05, 0.1) is 11.9 Å². The van der Waals surface area contributed by atoms with Gasteiger partial charge in [0.2, 0.25) is 15.9 Å². The summed E-state index contributed by atoms with van der Waals surface area (Å²) in [6.45, 7) is 5.19. The summed E-state index contributed by atoms with van der Waals surface area (Å²) in [6, 6.07) is 25.5. The Hall–Kier alpha value is -3.12. The summed E-state index contributed by atoms with van der Waals surface area (Å²) < 4.78 is 26.5. The number of rotatable bonds is 10. The van der Waals surface area contributed by atoms with Crippen LogP contribution in [0.5, 0.6) is 0 Å². The molecule has 0 bridgehead atoms. The average molecular weight is 465 g/mol. The van der Waals surface area contributed by atoms with Gasteiger partial charge in [-0.2, -0.15) is 0 Å². The number of nitrogens with zero attached hydrogens (tertiary/aromatic N) is 2. The van der Waals surface area contributed by atoms with Crippen LogP contribution in [0.1, 0.15) is 35.1 Å². The van der Waals surface area contributed by atoms with Gasteiger partial charge in [0.15, 0.2) is 0 Å². The molecule has 0 fully saturated rings. The third-order valence-electron chi connectivity index (χ3n) is 5.78. The van der Waals surface area contributed by atoms with Gasteiger partial charge >= 0.3 is 0 Å². The smallest absolute Gasteiger partial charge is 0.232 e. The van der Waals surface area contributed by atoms with E-state index in [1.807, 2.05) is 97.6 Å². The van der Waals surface area contributed by atoms with Crippen molar-refractivity contribution in [1.82, 2.24) is 4.90 Å². The first-order chi connectivity index (χ1) is 15.8. The van der Waals surface area contributed by atoms with Crippen LogP contribution >= 0.6 is 0 Å². The van der Waals surface area contributed by atoms with Gasteiger partial charge in [-0.05, 0) is 48.6 Å². The highest BCUT2D eigenvalue weighted by Crippen LogP contribution is 2.25. The van der Waals surface area contributed by atoms with Gasteiger partial charge in [-0.15, -0.1) is 0 Å². The topological polar surface area (TPSA) is 57.7 Å². The second-order valence-electron chi connectivity index (χ2n) is 8.38. The molecule has 3 aromatic carbocycles. The molecule has 1 amide bonds. The maximum absolute atomic E-state index is 13.2. The third kappa shape index (κ3) is 6.93. The summed E-state index contributed by atoms with van der Waals surface area (Å²) in [4.78, 5) is 15.0. The summed E-state index contributed by atoms with van der Waals surface area (Å²) >= 11 is 0. The van der Waals surface area contributed by atoms with Crippen LogP contribution < -0.4 is 4.31 Å². The maximum Gasteiger partial charge on any atom is 0.232 e. The van der Waals surface area contributed by atoms with Crippen LogP contribution in [0.15, 0.2) is 78.9 Å². The molecule has 0 heterocycles. The minimum atomic E-state index is -3.46. The average Bonchev–Trinajstić information content (AvgIpc) is 2.79. The highest BCUT2D eigenvalue weighted by Gasteiger charge is 2.21. The van der Waals surface area contributed by atoms with E-state index in [0.717, 1.165) is 22.3 Å². The molecule has 0 radical (unpaired) electrons. The summed E-state index contributed by atoms with van der Waals surface area (Å²) in [5, 5.41) is 0. The van der Waals surface area contributed by atoms with E-state index in [4.69, 9.17) is 0 Å². The fourth-order valence-electron chi connectivity index (χ4n) is 3.84. The van der Waals surface area contributed by atoms with E-state index in [1.54, 1.807) is 0 Å². The Labute approximate surface area is 197 Å². The number of sulfonamides is 1. The van der Waals surface area contributed by atoms with Crippen molar-refractivity contribution in [3.05, 3.63) is 101 Å². The molecule has 3 rings (SSSR count).